The molecule has 38 heavy (non-hydrogen) atoms. The lowest BCUT2D eigenvalue weighted by Crippen LogP contribution is -2.43. The molecule has 12 heteroatoms. The summed E-state index contributed by atoms with van der Waals surface area (Å²) in [6.45, 7) is 3.43. The van der Waals surface area contributed by atoms with Crippen LogP contribution in [0, 0.1) is 17.2 Å². The minimum Gasteiger partial charge on any atom is -0.474 e. The molecule has 1 unspecified atom stereocenters. The third-order valence-electron chi connectivity index (χ3n) is 6.40. The summed E-state index contributed by atoms with van der Waals surface area (Å²) in [5.41, 5.74) is 0.823. The minimum atomic E-state index is -3.83. The molecule has 1 aromatic carbocycles. The molecule has 202 valence electrons. The van der Waals surface area contributed by atoms with Crippen LogP contribution in [0.4, 0.5) is 5.82 Å². The molecule has 2 aliphatic rings. The van der Waals surface area contributed by atoms with E-state index in [2.05, 4.69) is 15.8 Å². The fraction of sp³-hybridized carbons (Fsp3) is 0.462. The van der Waals surface area contributed by atoms with Gasteiger partial charge in [-0.15, -0.1) is 0 Å². The van der Waals surface area contributed by atoms with Gasteiger partial charge in [0.25, 0.3) is 0 Å². The van der Waals surface area contributed by atoms with Crippen molar-refractivity contribution in [1.29, 1.82) is 5.26 Å². The number of piperidine rings is 1. The maximum atomic E-state index is 12.7. The molecule has 0 aliphatic carbocycles. The molecule has 1 N–H and O–H groups in total. The van der Waals surface area contributed by atoms with E-state index in [-0.39, 0.29) is 42.1 Å². The SMILES string of the molecule is CCOC(=O)c1cc(C#N)c(N2CCC(C(=O)NS(=O)(=O)Cc3ccccc3)CC2)nc1OCC1CCO1. The topological polar surface area (TPSA) is 148 Å². The molecule has 1 atom stereocenters. The van der Waals surface area contributed by atoms with E-state index < -0.39 is 27.8 Å². The van der Waals surface area contributed by atoms with Crippen molar-refractivity contribution in [2.45, 2.75) is 38.0 Å². The van der Waals surface area contributed by atoms with Gasteiger partial charge in [-0.25, -0.2) is 13.2 Å². The number of carbonyl (C=O) groups is 2. The fourth-order valence-corrected chi connectivity index (χ4v) is 5.46. The quantitative estimate of drug-likeness (QED) is 0.443. The van der Waals surface area contributed by atoms with Crippen molar-refractivity contribution in [3.8, 4) is 11.9 Å². The van der Waals surface area contributed by atoms with Crippen LogP contribution >= 0.6 is 0 Å². The van der Waals surface area contributed by atoms with Crippen LogP contribution in [0.25, 0.3) is 0 Å². The van der Waals surface area contributed by atoms with Crippen LogP contribution in [-0.4, -0.2) is 64.3 Å². The predicted octanol–water partition coefficient (Wildman–Crippen LogP) is 2.16. The van der Waals surface area contributed by atoms with Crippen molar-refractivity contribution in [3.05, 3.63) is 53.1 Å². The highest BCUT2D eigenvalue weighted by molar-refractivity contribution is 7.89. The molecule has 4 rings (SSSR count). The average Bonchev–Trinajstić information content (AvgIpc) is 2.87. The van der Waals surface area contributed by atoms with Crippen molar-refractivity contribution < 1.29 is 32.2 Å². The van der Waals surface area contributed by atoms with Crippen molar-refractivity contribution in [2.75, 3.05) is 37.8 Å². The molecular weight excluding hydrogens is 512 g/mol. The number of nitrogens with one attached hydrogen (secondary N) is 1. The van der Waals surface area contributed by atoms with Crippen LogP contribution in [-0.2, 0) is 30.0 Å². The number of rotatable bonds is 10. The van der Waals surface area contributed by atoms with Gasteiger partial charge in [0.15, 0.2) is 5.82 Å². The second-order valence-electron chi connectivity index (χ2n) is 9.11. The Labute approximate surface area is 221 Å². The minimum absolute atomic E-state index is 0.0554. The Morgan fingerprint density at radius 3 is 2.53 bits per heavy atom. The first-order valence-electron chi connectivity index (χ1n) is 12.5. The summed E-state index contributed by atoms with van der Waals surface area (Å²) in [5.74, 6) is -1.58. The zero-order valence-corrected chi connectivity index (χ0v) is 21.9. The Kier molecular flexibility index (Phi) is 8.81. The molecule has 2 saturated heterocycles. The predicted molar refractivity (Wildman–Crippen MR) is 137 cm³/mol. The summed E-state index contributed by atoms with van der Waals surface area (Å²) in [6.07, 6.45) is 1.49. The molecule has 3 heterocycles. The Balaban J connectivity index is 1.44. The Morgan fingerprint density at radius 2 is 1.92 bits per heavy atom. The number of sulfonamides is 1. The van der Waals surface area contributed by atoms with Gasteiger partial charge in [0.2, 0.25) is 21.8 Å². The molecule has 2 aliphatic heterocycles. The zero-order chi connectivity index (χ0) is 27.1. The first kappa shape index (κ1) is 27.3. The lowest BCUT2D eigenvalue weighted by atomic mass is 9.96. The number of ether oxygens (including phenoxy) is 3. The van der Waals surface area contributed by atoms with Gasteiger partial charge in [0.1, 0.15) is 18.2 Å². The van der Waals surface area contributed by atoms with E-state index in [1.54, 1.807) is 37.3 Å². The average molecular weight is 543 g/mol. The lowest BCUT2D eigenvalue weighted by Gasteiger charge is -2.33. The van der Waals surface area contributed by atoms with E-state index in [0.717, 1.165) is 6.42 Å². The van der Waals surface area contributed by atoms with Gasteiger partial charge in [0.05, 0.1) is 24.0 Å². The number of carbonyl (C=O) groups excluding carboxylic acids is 2. The Hall–Kier alpha value is -3.69. The molecule has 11 nitrogen and oxygen atoms in total. The number of aromatic nitrogens is 1. The molecule has 2 aromatic rings. The third-order valence-corrected chi connectivity index (χ3v) is 7.63. The summed E-state index contributed by atoms with van der Waals surface area (Å²) in [5, 5.41) is 9.77. The van der Waals surface area contributed by atoms with E-state index >= 15 is 0 Å². The monoisotopic (exact) mass is 542 g/mol. The normalized spacial score (nSPS) is 17.7. The number of amides is 1. The van der Waals surface area contributed by atoms with Gasteiger partial charge in [-0.05, 0) is 31.4 Å². The highest BCUT2D eigenvalue weighted by atomic mass is 32.2. The third kappa shape index (κ3) is 6.79. The first-order valence-corrected chi connectivity index (χ1v) is 14.1. The highest BCUT2D eigenvalue weighted by Crippen LogP contribution is 2.30. The molecule has 1 aromatic heterocycles. The van der Waals surface area contributed by atoms with Crippen molar-refractivity contribution in [3.63, 3.8) is 0 Å². The second kappa shape index (κ2) is 12.2. The van der Waals surface area contributed by atoms with Crippen LogP contribution < -0.4 is 14.4 Å². The zero-order valence-electron chi connectivity index (χ0n) is 21.1. The largest absolute Gasteiger partial charge is 0.474 e. The number of anilines is 1. The molecule has 2 fully saturated rings. The number of nitrogens with zero attached hydrogens (tertiary/aromatic N) is 3. The van der Waals surface area contributed by atoms with E-state index in [4.69, 9.17) is 14.2 Å². The van der Waals surface area contributed by atoms with Crippen molar-refractivity contribution in [2.24, 2.45) is 5.92 Å². The van der Waals surface area contributed by atoms with Gasteiger partial charge in [-0.3, -0.25) is 9.52 Å². The maximum absolute atomic E-state index is 12.7. The van der Waals surface area contributed by atoms with E-state index in [0.29, 0.717) is 43.9 Å². The van der Waals surface area contributed by atoms with Gasteiger partial charge >= 0.3 is 5.97 Å². The van der Waals surface area contributed by atoms with Crippen LogP contribution in [0.3, 0.4) is 0 Å². The maximum Gasteiger partial charge on any atom is 0.343 e. The van der Waals surface area contributed by atoms with Crippen molar-refractivity contribution >= 4 is 27.7 Å². The smallest absolute Gasteiger partial charge is 0.343 e. The van der Waals surface area contributed by atoms with Crippen LogP contribution in [0.5, 0.6) is 5.88 Å². The van der Waals surface area contributed by atoms with Gasteiger partial charge < -0.3 is 19.1 Å². The molecule has 0 bridgehead atoms. The molecule has 0 saturated carbocycles. The second-order valence-corrected chi connectivity index (χ2v) is 10.8. The highest BCUT2D eigenvalue weighted by Gasteiger charge is 2.31. The number of benzene rings is 1. The first-order chi connectivity index (χ1) is 18.3. The number of pyridine rings is 1. The molecule has 1 amide bonds. The van der Waals surface area contributed by atoms with Crippen LogP contribution in [0.15, 0.2) is 36.4 Å². The number of hydrogen-bond acceptors (Lipinski definition) is 10. The number of esters is 1. The number of nitriles is 1. The summed E-state index contributed by atoms with van der Waals surface area (Å²) >= 11 is 0. The van der Waals surface area contributed by atoms with Crippen molar-refractivity contribution in [1.82, 2.24) is 9.71 Å². The van der Waals surface area contributed by atoms with Crippen LogP contribution in [0.1, 0.15) is 47.7 Å². The molecule has 0 radical (unpaired) electrons. The molecule has 0 spiro atoms. The Bertz CT molecular complexity index is 1300. The van der Waals surface area contributed by atoms with Gasteiger partial charge in [-0.1, -0.05) is 30.3 Å². The summed E-state index contributed by atoms with van der Waals surface area (Å²) < 4.78 is 43.4. The summed E-state index contributed by atoms with van der Waals surface area (Å²) in [4.78, 5) is 31.6. The van der Waals surface area contributed by atoms with E-state index in [9.17, 15) is 23.3 Å². The molecular formula is C26H30N4O7S. The summed E-state index contributed by atoms with van der Waals surface area (Å²) in [7, 11) is -3.83. The van der Waals surface area contributed by atoms with Gasteiger partial charge in [-0.2, -0.15) is 10.2 Å². The standard InChI is InChI=1S/C26H30N4O7S/c1-2-35-26(32)22-14-20(15-27)23(28-25(22)37-16-21-10-13-36-21)30-11-8-19(9-12-30)24(31)29-38(33,34)17-18-6-4-3-5-7-18/h3-7,14,19,21H,2,8-13,16-17H2,1H3,(H,29,31). The summed E-state index contributed by atoms with van der Waals surface area (Å²) in [6, 6.07) is 12.1. The van der Waals surface area contributed by atoms with Crippen LogP contribution in [0.2, 0.25) is 0 Å². The van der Waals surface area contributed by atoms with Gasteiger partial charge in [0, 0.05) is 32.0 Å². The Morgan fingerprint density at radius 1 is 1.21 bits per heavy atom. The fourth-order valence-electron chi connectivity index (χ4n) is 4.28. The van der Waals surface area contributed by atoms with E-state index in [1.165, 1.54) is 6.07 Å². The van der Waals surface area contributed by atoms with E-state index in [1.807, 2.05) is 4.90 Å². The number of hydrogen-bond donors (Lipinski definition) is 1. The lowest BCUT2D eigenvalue weighted by molar-refractivity contribution is -0.123.